The molecule has 4 nitrogen and oxygen atoms in total. The summed E-state index contributed by atoms with van der Waals surface area (Å²) >= 11 is 0. The van der Waals surface area contributed by atoms with Crippen LogP contribution in [0.1, 0.15) is 24.8 Å². The van der Waals surface area contributed by atoms with E-state index < -0.39 is 11.6 Å². The Morgan fingerprint density at radius 3 is 2.90 bits per heavy atom. The SMILES string of the molecule is CO[C@H]1CNC[C@H]1NC(=O)C[C@@H](C)c1ccc(F)cc1F. The van der Waals surface area contributed by atoms with Crippen LogP contribution >= 0.6 is 0 Å². The van der Waals surface area contributed by atoms with Gasteiger partial charge in [0.05, 0.1) is 12.1 Å². The van der Waals surface area contributed by atoms with E-state index in [9.17, 15) is 13.6 Å². The summed E-state index contributed by atoms with van der Waals surface area (Å²) in [5, 5.41) is 6.03. The largest absolute Gasteiger partial charge is 0.378 e. The first-order valence-corrected chi connectivity index (χ1v) is 6.99. The van der Waals surface area contributed by atoms with Gasteiger partial charge in [0.1, 0.15) is 11.6 Å². The Labute approximate surface area is 122 Å². The van der Waals surface area contributed by atoms with E-state index in [0.29, 0.717) is 18.7 Å². The van der Waals surface area contributed by atoms with E-state index in [4.69, 9.17) is 4.74 Å². The lowest BCUT2D eigenvalue weighted by Gasteiger charge is -2.20. The Hall–Kier alpha value is -1.53. The molecule has 116 valence electrons. The van der Waals surface area contributed by atoms with Crippen LogP contribution in [0.4, 0.5) is 8.78 Å². The molecule has 21 heavy (non-hydrogen) atoms. The van der Waals surface area contributed by atoms with Crippen LogP contribution in [0.3, 0.4) is 0 Å². The number of hydrogen-bond donors (Lipinski definition) is 2. The molecule has 1 saturated heterocycles. The van der Waals surface area contributed by atoms with Crippen molar-refractivity contribution in [2.45, 2.75) is 31.4 Å². The third-order valence-electron chi connectivity index (χ3n) is 3.79. The van der Waals surface area contributed by atoms with Crippen LogP contribution in [0.15, 0.2) is 18.2 Å². The molecule has 1 aromatic rings. The number of benzene rings is 1. The van der Waals surface area contributed by atoms with Gasteiger partial charge in [0, 0.05) is 32.7 Å². The van der Waals surface area contributed by atoms with E-state index in [2.05, 4.69) is 10.6 Å². The zero-order valence-corrected chi connectivity index (χ0v) is 12.2. The molecule has 0 saturated carbocycles. The molecule has 1 amide bonds. The molecule has 0 radical (unpaired) electrons. The summed E-state index contributed by atoms with van der Waals surface area (Å²) in [6, 6.07) is 3.35. The van der Waals surface area contributed by atoms with Gasteiger partial charge in [0.15, 0.2) is 0 Å². The number of amides is 1. The minimum atomic E-state index is -0.618. The first-order chi connectivity index (χ1) is 10.0. The molecule has 1 heterocycles. The van der Waals surface area contributed by atoms with E-state index >= 15 is 0 Å². The van der Waals surface area contributed by atoms with Crippen molar-refractivity contribution in [2.24, 2.45) is 0 Å². The second-order valence-corrected chi connectivity index (χ2v) is 5.38. The van der Waals surface area contributed by atoms with Gasteiger partial charge in [0.25, 0.3) is 0 Å². The Morgan fingerprint density at radius 1 is 1.48 bits per heavy atom. The molecule has 6 heteroatoms. The van der Waals surface area contributed by atoms with Crippen LogP contribution in [0.5, 0.6) is 0 Å². The number of methoxy groups -OCH3 is 1. The minimum Gasteiger partial charge on any atom is -0.378 e. The van der Waals surface area contributed by atoms with Crippen LogP contribution in [0.25, 0.3) is 0 Å². The molecule has 1 aliphatic rings. The molecule has 1 fully saturated rings. The molecule has 0 unspecified atom stereocenters. The van der Waals surface area contributed by atoms with Crippen molar-refractivity contribution in [1.82, 2.24) is 10.6 Å². The number of nitrogens with one attached hydrogen (secondary N) is 2. The summed E-state index contributed by atoms with van der Waals surface area (Å²) < 4.78 is 31.8. The molecule has 2 N–H and O–H groups in total. The molecule has 0 aromatic heterocycles. The molecular weight excluding hydrogens is 278 g/mol. The van der Waals surface area contributed by atoms with Gasteiger partial charge in [0.2, 0.25) is 5.91 Å². The van der Waals surface area contributed by atoms with Crippen molar-refractivity contribution in [3.05, 3.63) is 35.4 Å². The minimum absolute atomic E-state index is 0.0492. The standard InChI is InChI=1S/C15H20F2N2O2/c1-9(11-4-3-10(16)6-12(11)17)5-15(20)19-13-7-18-8-14(13)21-2/h3-4,6,9,13-14,18H,5,7-8H2,1-2H3,(H,19,20)/t9-,13-,14+/m1/s1. The lowest BCUT2D eigenvalue weighted by molar-refractivity contribution is -0.122. The lowest BCUT2D eigenvalue weighted by Crippen LogP contribution is -2.43. The summed E-state index contributed by atoms with van der Waals surface area (Å²) in [4.78, 5) is 12.0. The lowest BCUT2D eigenvalue weighted by atomic mass is 9.96. The molecule has 1 aliphatic heterocycles. The Bertz CT molecular complexity index is 510. The molecule has 2 rings (SSSR count). The second kappa shape index (κ2) is 6.95. The van der Waals surface area contributed by atoms with Crippen molar-refractivity contribution in [3.8, 4) is 0 Å². The highest BCUT2D eigenvalue weighted by molar-refractivity contribution is 5.77. The van der Waals surface area contributed by atoms with Gasteiger partial charge in [-0.2, -0.15) is 0 Å². The highest BCUT2D eigenvalue weighted by Crippen LogP contribution is 2.22. The maximum absolute atomic E-state index is 13.7. The van der Waals surface area contributed by atoms with E-state index in [1.165, 1.54) is 12.1 Å². The topological polar surface area (TPSA) is 50.4 Å². The fraction of sp³-hybridized carbons (Fsp3) is 0.533. The monoisotopic (exact) mass is 298 g/mol. The normalized spacial score (nSPS) is 23.0. The Balaban J connectivity index is 1.92. The summed E-state index contributed by atoms with van der Waals surface area (Å²) in [6.45, 7) is 3.10. The average molecular weight is 298 g/mol. The van der Waals surface area contributed by atoms with Crippen molar-refractivity contribution in [3.63, 3.8) is 0 Å². The van der Waals surface area contributed by atoms with Crippen LogP contribution in [-0.2, 0) is 9.53 Å². The summed E-state index contributed by atoms with van der Waals surface area (Å²) in [5.41, 5.74) is 0.347. The van der Waals surface area contributed by atoms with Crippen molar-refractivity contribution >= 4 is 5.91 Å². The maximum atomic E-state index is 13.7. The van der Waals surface area contributed by atoms with E-state index in [1.54, 1.807) is 14.0 Å². The average Bonchev–Trinajstić information content (AvgIpc) is 2.85. The molecule has 0 aliphatic carbocycles. The van der Waals surface area contributed by atoms with Crippen LogP contribution in [0.2, 0.25) is 0 Å². The van der Waals surface area contributed by atoms with E-state index in [0.717, 1.165) is 6.07 Å². The summed E-state index contributed by atoms with van der Waals surface area (Å²) in [7, 11) is 1.60. The number of hydrogen-bond acceptors (Lipinski definition) is 3. The number of halogens is 2. The highest BCUT2D eigenvalue weighted by Gasteiger charge is 2.28. The molecule has 1 aromatic carbocycles. The van der Waals surface area contributed by atoms with Crippen LogP contribution in [-0.4, -0.2) is 38.3 Å². The van der Waals surface area contributed by atoms with Gasteiger partial charge in [-0.3, -0.25) is 4.79 Å². The smallest absolute Gasteiger partial charge is 0.220 e. The van der Waals surface area contributed by atoms with Gasteiger partial charge in [-0.05, 0) is 17.5 Å². The number of carbonyl (C=O) groups excluding carboxylic acids is 1. The predicted octanol–water partition coefficient (Wildman–Crippen LogP) is 1.56. The van der Waals surface area contributed by atoms with Gasteiger partial charge in [-0.25, -0.2) is 8.78 Å². The third-order valence-corrected chi connectivity index (χ3v) is 3.79. The van der Waals surface area contributed by atoms with Crippen molar-refractivity contribution in [2.75, 3.05) is 20.2 Å². The Morgan fingerprint density at radius 2 is 2.24 bits per heavy atom. The van der Waals surface area contributed by atoms with Gasteiger partial charge in [-0.1, -0.05) is 13.0 Å². The fourth-order valence-corrected chi connectivity index (χ4v) is 2.60. The number of ether oxygens (including phenoxy) is 1. The first kappa shape index (κ1) is 15.9. The molecular formula is C15H20F2N2O2. The molecule has 3 atom stereocenters. The van der Waals surface area contributed by atoms with Crippen LogP contribution in [0, 0.1) is 11.6 Å². The quantitative estimate of drug-likeness (QED) is 0.867. The number of rotatable bonds is 5. The zero-order chi connectivity index (χ0) is 15.4. The van der Waals surface area contributed by atoms with E-state index in [-0.39, 0.29) is 30.4 Å². The van der Waals surface area contributed by atoms with Crippen LogP contribution < -0.4 is 10.6 Å². The summed E-state index contributed by atoms with van der Waals surface area (Å²) in [6.07, 6.45) is 0.0991. The zero-order valence-electron chi connectivity index (χ0n) is 12.2. The molecule has 0 spiro atoms. The first-order valence-electron chi connectivity index (χ1n) is 6.99. The highest BCUT2D eigenvalue weighted by atomic mass is 19.1. The van der Waals surface area contributed by atoms with Crippen molar-refractivity contribution < 1.29 is 18.3 Å². The fourth-order valence-electron chi connectivity index (χ4n) is 2.60. The maximum Gasteiger partial charge on any atom is 0.220 e. The van der Waals surface area contributed by atoms with Gasteiger partial charge < -0.3 is 15.4 Å². The van der Waals surface area contributed by atoms with Gasteiger partial charge in [-0.15, -0.1) is 0 Å². The van der Waals surface area contributed by atoms with Gasteiger partial charge >= 0.3 is 0 Å². The summed E-state index contributed by atoms with van der Waals surface area (Å²) in [5.74, 6) is -1.72. The predicted molar refractivity (Wildman–Crippen MR) is 75.0 cm³/mol. The molecule has 0 bridgehead atoms. The second-order valence-electron chi connectivity index (χ2n) is 5.38. The third kappa shape index (κ3) is 3.98. The van der Waals surface area contributed by atoms with Crippen molar-refractivity contribution in [1.29, 1.82) is 0 Å². The Kier molecular flexibility index (Phi) is 5.25. The van der Waals surface area contributed by atoms with E-state index in [1.807, 2.05) is 0 Å². The number of carbonyl (C=O) groups is 1.